The minimum Gasteiger partial charge on any atom is -0.325 e. The number of halogens is 1. The maximum absolute atomic E-state index is 14.8. The molecule has 2 heterocycles. The molecule has 0 radical (unpaired) electrons. The lowest BCUT2D eigenvalue weighted by Gasteiger charge is -2.27. The van der Waals surface area contributed by atoms with Crippen LogP contribution in [0.25, 0.3) is 0 Å². The number of nitrogens with zero attached hydrogens (tertiary/aromatic N) is 3. The maximum atomic E-state index is 14.8. The van der Waals surface area contributed by atoms with Crippen LogP contribution in [0.15, 0.2) is 82.6 Å². The van der Waals surface area contributed by atoms with Crippen molar-refractivity contribution in [3.05, 3.63) is 77.6 Å². The Morgan fingerprint density at radius 1 is 1.38 bits per heavy atom. The van der Waals surface area contributed by atoms with Crippen molar-refractivity contribution in [2.45, 2.75) is 27.7 Å². The second-order valence-electron chi connectivity index (χ2n) is 8.39. The van der Waals surface area contributed by atoms with Gasteiger partial charge in [-0.1, -0.05) is 32.1 Å². The average molecular weight is 463 g/mol. The van der Waals surface area contributed by atoms with Crippen molar-refractivity contribution >= 4 is 28.8 Å². The van der Waals surface area contributed by atoms with Crippen LogP contribution in [0.2, 0.25) is 0 Å². The lowest BCUT2D eigenvalue weighted by molar-refractivity contribution is -0.118. The Kier molecular flexibility index (Phi) is 8.07. The summed E-state index contributed by atoms with van der Waals surface area (Å²) in [6.07, 6.45) is 8.09. The number of anilines is 2. The minimum absolute atomic E-state index is 0.00254. The van der Waals surface area contributed by atoms with Crippen molar-refractivity contribution in [2.24, 2.45) is 10.9 Å². The first-order valence-corrected chi connectivity index (χ1v) is 11.2. The average Bonchev–Trinajstić information content (AvgIpc) is 2.83. The van der Waals surface area contributed by atoms with Crippen molar-refractivity contribution in [1.29, 1.82) is 5.41 Å². The first kappa shape index (κ1) is 25.0. The van der Waals surface area contributed by atoms with Gasteiger partial charge in [0.05, 0.1) is 24.1 Å². The Balaban J connectivity index is 1.83. The summed E-state index contributed by atoms with van der Waals surface area (Å²) in [4.78, 5) is 22.5. The fourth-order valence-corrected chi connectivity index (χ4v) is 3.53. The predicted octanol–water partition coefficient (Wildman–Crippen LogP) is 4.70. The molecule has 8 heteroatoms. The molecular weight excluding hydrogens is 431 g/mol. The Morgan fingerprint density at radius 2 is 2.15 bits per heavy atom. The van der Waals surface area contributed by atoms with E-state index in [0.29, 0.717) is 35.9 Å². The number of nitrogens with one attached hydrogen (secondary N) is 3. The molecule has 0 aromatic carbocycles. The van der Waals surface area contributed by atoms with E-state index >= 15 is 0 Å². The van der Waals surface area contributed by atoms with Gasteiger partial charge in [0.1, 0.15) is 23.2 Å². The van der Waals surface area contributed by atoms with E-state index in [1.54, 1.807) is 48.4 Å². The zero-order valence-corrected chi connectivity index (χ0v) is 20.1. The summed E-state index contributed by atoms with van der Waals surface area (Å²) >= 11 is 0. The molecule has 1 aliphatic heterocycles. The number of carbonyl (C=O) groups is 1. The number of amides is 1. The zero-order chi connectivity index (χ0) is 24.8. The van der Waals surface area contributed by atoms with Crippen molar-refractivity contribution in [3.63, 3.8) is 0 Å². The molecule has 0 spiro atoms. The monoisotopic (exact) mass is 462 g/mol. The summed E-state index contributed by atoms with van der Waals surface area (Å²) in [7, 11) is 0. The molecule has 1 aromatic rings. The van der Waals surface area contributed by atoms with Crippen LogP contribution in [0.1, 0.15) is 27.7 Å². The lowest BCUT2D eigenvalue weighted by Crippen LogP contribution is -2.48. The van der Waals surface area contributed by atoms with Crippen LogP contribution in [0.3, 0.4) is 0 Å². The number of aromatic nitrogens is 1. The van der Waals surface area contributed by atoms with Gasteiger partial charge in [-0.25, -0.2) is 14.4 Å². The van der Waals surface area contributed by atoms with E-state index in [-0.39, 0.29) is 23.4 Å². The van der Waals surface area contributed by atoms with Crippen molar-refractivity contribution in [3.8, 4) is 0 Å². The molecule has 1 fully saturated rings. The molecule has 1 aromatic heterocycles. The van der Waals surface area contributed by atoms with E-state index in [2.05, 4.69) is 41.0 Å². The Bertz CT molecular complexity index is 1140. The normalized spacial score (nSPS) is 18.9. The number of hydrogen-bond donors (Lipinski definition) is 3. The second-order valence-corrected chi connectivity index (χ2v) is 8.39. The summed E-state index contributed by atoms with van der Waals surface area (Å²) in [5.41, 5.74) is 3.61. The zero-order valence-electron chi connectivity index (χ0n) is 20.1. The van der Waals surface area contributed by atoms with Gasteiger partial charge in [-0.15, -0.1) is 0 Å². The quantitative estimate of drug-likeness (QED) is 0.512. The summed E-state index contributed by atoms with van der Waals surface area (Å²) in [5, 5.41) is 14.3. The van der Waals surface area contributed by atoms with E-state index in [0.717, 1.165) is 17.7 Å². The van der Waals surface area contributed by atoms with Gasteiger partial charge >= 0.3 is 0 Å². The highest BCUT2D eigenvalue weighted by Gasteiger charge is 2.20. The largest absolute Gasteiger partial charge is 0.325 e. The van der Waals surface area contributed by atoms with Gasteiger partial charge in [-0.05, 0) is 55.7 Å². The van der Waals surface area contributed by atoms with Gasteiger partial charge in [0.2, 0.25) is 5.91 Å². The number of carbonyl (C=O) groups excluding carboxylic acids is 1. The van der Waals surface area contributed by atoms with Gasteiger partial charge < -0.3 is 20.9 Å². The number of allylic oxidation sites excluding steroid dienone is 8. The summed E-state index contributed by atoms with van der Waals surface area (Å²) in [6.45, 7) is 13.2. The van der Waals surface area contributed by atoms with E-state index in [4.69, 9.17) is 5.41 Å². The highest BCUT2D eigenvalue weighted by molar-refractivity contribution is 6.19. The summed E-state index contributed by atoms with van der Waals surface area (Å²) in [5.74, 6) is 0.457. The van der Waals surface area contributed by atoms with Crippen LogP contribution >= 0.6 is 0 Å². The Hall–Kier alpha value is -3.65. The molecule has 7 nitrogen and oxygen atoms in total. The molecule has 1 saturated heterocycles. The SMILES string of the molecule is C=C(/N=C(C1=C/C(=C(/C)C(C)C)C(=N)C=C1)\C(F)=C/C)Nc1ccc(N2CCNCC2=O)cn1. The van der Waals surface area contributed by atoms with Gasteiger partial charge in [0.15, 0.2) is 0 Å². The standard InChI is InChI=1S/C26H31FN6O/c1-6-22(27)26(19-7-9-23(28)21(13-19)17(4)16(2)3)32-18(5)31-24-10-8-20(14-30-24)33-12-11-29-15-25(33)34/h6-10,13-14,16,28-29H,5,11-12,15H2,1-4H3,(H,30,31)/b21-17+,22-6+,28-23?,32-26-. The molecule has 1 aliphatic carbocycles. The van der Waals surface area contributed by atoms with Crippen LogP contribution in [-0.4, -0.2) is 41.9 Å². The molecule has 1 amide bonds. The maximum Gasteiger partial charge on any atom is 0.241 e. The highest BCUT2D eigenvalue weighted by atomic mass is 19.1. The van der Waals surface area contributed by atoms with Crippen LogP contribution < -0.4 is 15.5 Å². The first-order valence-electron chi connectivity index (χ1n) is 11.2. The van der Waals surface area contributed by atoms with Crippen LogP contribution in [0.4, 0.5) is 15.9 Å². The second kappa shape index (κ2) is 11.0. The van der Waals surface area contributed by atoms with E-state index < -0.39 is 5.83 Å². The number of hydrogen-bond acceptors (Lipinski definition) is 6. The third-order valence-corrected chi connectivity index (χ3v) is 5.73. The van der Waals surface area contributed by atoms with Gasteiger partial charge in [-0.3, -0.25) is 4.79 Å². The van der Waals surface area contributed by atoms with Crippen LogP contribution in [0.5, 0.6) is 0 Å². The van der Waals surface area contributed by atoms with E-state index in [1.165, 1.54) is 6.08 Å². The molecule has 3 rings (SSSR count). The molecule has 178 valence electrons. The fraction of sp³-hybridized carbons (Fsp3) is 0.308. The van der Waals surface area contributed by atoms with Crippen molar-refractivity contribution < 1.29 is 9.18 Å². The third kappa shape index (κ3) is 5.82. The van der Waals surface area contributed by atoms with Gasteiger partial charge in [-0.2, -0.15) is 0 Å². The van der Waals surface area contributed by atoms with E-state index in [9.17, 15) is 9.18 Å². The predicted molar refractivity (Wildman–Crippen MR) is 137 cm³/mol. The molecule has 0 bridgehead atoms. The van der Waals surface area contributed by atoms with Gasteiger partial charge in [0.25, 0.3) is 0 Å². The Morgan fingerprint density at radius 3 is 2.76 bits per heavy atom. The topological polar surface area (TPSA) is 93.5 Å². The van der Waals surface area contributed by atoms with Gasteiger partial charge in [0, 0.05) is 18.7 Å². The third-order valence-electron chi connectivity index (χ3n) is 5.73. The minimum atomic E-state index is -0.491. The number of piperazine rings is 1. The summed E-state index contributed by atoms with van der Waals surface area (Å²) < 4.78 is 14.8. The highest BCUT2D eigenvalue weighted by Crippen LogP contribution is 2.25. The molecule has 0 saturated carbocycles. The molecule has 0 unspecified atom stereocenters. The van der Waals surface area contributed by atoms with Crippen LogP contribution in [0, 0.1) is 11.3 Å². The molecule has 3 N–H and O–H groups in total. The lowest BCUT2D eigenvalue weighted by atomic mass is 9.89. The molecule has 34 heavy (non-hydrogen) atoms. The van der Waals surface area contributed by atoms with E-state index in [1.807, 2.05) is 6.92 Å². The number of rotatable bonds is 7. The fourth-order valence-electron chi connectivity index (χ4n) is 3.53. The molecule has 2 aliphatic rings. The molecule has 0 atom stereocenters. The van der Waals surface area contributed by atoms with Crippen molar-refractivity contribution in [1.82, 2.24) is 10.3 Å². The summed E-state index contributed by atoms with van der Waals surface area (Å²) in [6, 6.07) is 3.53. The Labute approximate surface area is 200 Å². The molecular formula is C26H31FN6O. The number of pyridine rings is 1. The van der Waals surface area contributed by atoms with Crippen molar-refractivity contribution in [2.75, 3.05) is 29.9 Å². The first-order chi connectivity index (χ1) is 16.2. The van der Waals surface area contributed by atoms with Crippen LogP contribution in [-0.2, 0) is 4.79 Å². The number of aliphatic imine (C=N–C) groups is 1. The smallest absolute Gasteiger partial charge is 0.241 e.